The Labute approximate surface area is 113 Å². The van der Waals surface area contributed by atoms with Crippen molar-refractivity contribution in [2.24, 2.45) is 23.2 Å². The molecule has 3 aliphatic rings. The van der Waals surface area contributed by atoms with Crippen molar-refractivity contribution in [2.45, 2.75) is 73.1 Å². The van der Waals surface area contributed by atoms with E-state index in [2.05, 4.69) is 34.6 Å². The zero-order valence-corrected chi connectivity index (χ0v) is 12.8. The summed E-state index contributed by atoms with van der Waals surface area (Å²) >= 11 is 0. The van der Waals surface area contributed by atoms with Gasteiger partial charge in [-0.05, 0) is 36.0 Å². The van der Waals surface area contributed by atoms with Gasteiger partial charge in [-0.25, -0.2) is 0 Å². The van der Waals surface area contributed by atoms with Crippen molar-refractivity contribution < 1.29 is 9.59 Å². The van der Waals surface area contributed by atoms with E-state index in [1.807, 2.05) is 0 Å². The first-order chi connectivity index (χ1) is 8.31. The Bertz CT molecular complexity index is 224. The second-order valence-corrected chi connectivity index (χ2v) is 7.09. The summed E-state index contributed by atoms with van der Waals surface area (Å²) < 4.78 is 0. The molecular formula is C16H30O2. The van der Waals surface area contributed by atoms with E-state index in [0.29, 0.717) is 5.41 Å². The molecule has 2 nitrogen and oxygen atoms in total. The molecule has 0 bridgehead atoms. The molecule has 0 heterocycles. The van der Waals surface area contributed by atoms with E-state index < -0.39 is 0 Å². The van der Waals surface area contributed by atoms with E-state index in [1.54, 1.807) is 0 Å². The Morgan fingerprint density at radius 1 is 0.778 bits per heavy atom. The van der Waals surface area contributed by atoms with Gasteiger partial charge in [0.25, 0.3) is 0 Å². The second kappa shape index (κ2) is 8.48. The first-order valence-corrected chi connectivity index (χ1v) is 7.30. The third-order valence-electron chi connectivity index (χ3n) is 3.53. The Balaban J connectivity index is 0.000000228. The minimum atomic E-state index is 0.250. The molecule has 0 aliphatic heterocycles. The molecule has 2 heteroatoms. The Morgan fingerprint density at radius 2 is 1.00 bits per heavy atom. The van der Waals surface area contributed by atoms with Crippen LogP contribution >= 0.6 is 0 Å². The summed E-state index contributed by atoms with van der Waals surface area (Å²) in [5.74, 6) is 3.22. The predicted octanol–water partition coefficient (Wildman–Crippen LogP) is 4.69. The van der Waals surface area contributed by atoms with Gasteiger partial charge in [-0.1, -0.05) is 60.3 Å². The molecule has 0 amide bonds. The number of hydrogen-bond acceptors (Lipinski definition) is 2. The van der Waals surface area contributed by atoms with Crippen LogP contribution in [0.15, 0.2) is 0 Å². The fourth-order valence-electron chi connectivity index (χ4n) is 1.28. The number of hydrogen-bond donors (Lipinski definition) is 0. The molecule has 0 aromatic heterocycles. The van der Waals surface area contributed by atoms with Gasteiger partial charge in [0, 0.05) is 0 Å². The molecule has 0 saturated heterocycles. The van der Waals surface area contributed by atoms with E-state index in [-0.39, 0.29) is 6.15 Å². The maximum atomic E-state index is 8.12. The quantitative estimate of drug-likeness (QED) is 0.628. The van der Waals surface area contributed by atoms with Gasteiger partial charge in [0.15, 0.2) is 0 Å². The van der Waals surface area contributed by atoms with Crippen molar-refractivity contribution in [1.29, 1.82) is 0 Å². The molecule has 0 atom stereocenters. The van der Waals surface area contributed by atoms with E-state index in [9.17, 15) is 0 Å². The lowest BCUT2D eigenvalue weighted by molar-refractivity contribution is -0.191. The largest absolute Gasteiger partial charge is 0.373 e. The van der Waals surface area contributed by atoms with Gasteiger partial charge in [0.2, 0.25) is 0 Å². The maximum Gasteiger partial charge on any atom is 0.373 e. The van der Waals surface area contributed by atoms with Crippen LogP contribution in [0.2, 0.25) is 0 Å². The average Bonchev–Trinajstić information content (AvgIpc) is 3.09. The van der Waals surface area contributed by atoms with Crippen molar-refractivity contribution in [1.82, 2.24) is 0 Å². The van der Waals surface area contributed by atoms with Gasteiger partial charge >= 0.3 is 6.15 Å². The highest BCUT2D eigenvalue weighted by molar-refractivity contribution is 5.20. The van der Waals surface area contributed by atoms with Crippen LogP contribution in [-0.4, -0.2) is 6.15 Å². The summed E-state index contributed by atoms with van der Waals surface area (Å²) in [6, 6.07) is 0. The van der Waals surface area contributed by atoms with E-state index in [1.165, 1.54) is 38.5 Å². The molecule has 0 radical (unpaired) electrons. The topological polar surface area (TPSA) is 34.1 Å². The number of carbonyl (C=O) groups excluding carboxylic acids is 2. The highest BCUT2D eigenvalue weighted by Crippen LogP contribution is 2.44. The number of rotatable bonds is 0. The zero-order chi connectivity index (χ0) is 14.2. The smallest absolute Gasteiger partial charge is 0.186 e. The molecule has 3 saturated carbocycles. The maximum absolute atomic E-state index is 8.12. The molecule has 0 unspecified atom stereocenters. The summed E-state index contributed by atoms with van der Waals surface area (Å²) in [6.07, 6.45) is 9.15. The molecule has 18 heavy (non-hydrogen) atoms. The first-order valence-electron chi connectivity index (χ1n) is 7.30. The van der Waals surface area contributed by atoms with Crippen molar-refractivity contribution in [3.63, 3.8) is 0 Å². The third kappa shape index (κ3) is 15.4. The van der Waals surface area contributed by atoms with Crippen molar-refractivity contribution in [3.05, 3.63) is 0 Å². The lowest BCUT2D eigenvalue weighted by Crippen LogP contribution is -2.06. The monoisotopic (exact) mass is 254 g/mol. The minimum absolute atomic E-state index is 0.250. The van der Waals surface area contributed by atoms with Crippen LogP contribution in [-0.2, 0) is 9.59 Å². The Morgan fingerprint density at radius 3 is 1.00 bits per heavy atom. The van der Waals surface area contributed by atoms with Gasteiger partial charge in [-0.2, -0.15) is 9.59 Å². The summed E-state index contributed by atoms with van der Waals surface area (Å²) in [6.45, 7) is 11.5. The van der Waals surface area contributed by atoms with Crippen LogP contribution < -0.4 is 0 Å². The van der Waals surface area contributed by atoms with Gasteiger partial charge in [-0.15, -0.1) is 0 Å². The van der Waals surface area contributed by atoms with Crippen LogP contribution in [0.4, 0.5) is 0 Å². The van der Waals surface area contributed by atoms with Gasteiger partial charge in [-0.3, -0.25) is 0 Å². The molecule has 0 N–H and O–H groups in total. The standard InChI is InChI=1S/C7H14.2C4H8.CO2/c1-7(2,3)6-4-5-6;2*1-4-2-3-4;2-1-3/h6H,4-5H2,1-3H3;2*4H,2-3H2,1H3;. The normalized spacial score (nSPS) is 20.9. The van der Waals surface area contributed by atoms with Crippen molar-refractivity contribution in [2.75, 3.05) is 0 Å². The summed E-state index contributed by atoms with van der Waals surface area (Å²) in [4.78, 5) is 16.2. The van der Waals surface area contributed by atoms with Crippen LogP contribution in [0.3, 0.4) is 0 Å². The van der Waals surface area contributed by atoms with Crippen molar-refractivity contribution >= 4 is 6.15 Å². The second-order valence-electron chi connectivity index (χ2n) is 7.09. The molecule has 3 fully saturated rings. The first kappa shape index (κ1) is 17.4. The molecular weight excluding hydrogens is 224 g/mol. The van der Waals surface area contributed by atoms with E-state index in [4.69, 9.17) is 9.59 Å². The molecule has 0 aromatic carbocycles. The lowest BCUT2D eigenvalue weighted by Gasteiger charge is -2.15. The average molecular weight is 254 g/mol. The zero-order valence-electron chi connectivity index (χ0n) is 12.8. The van der Waals surface area contributed by atoms with Crippen LogP contribution in [0.1, 0.15) is 73.1 Å². The van der Waals surface area contributed by atoms with E-state index in [0.717, 1.165) is 17.8 Å². The summed E-state index contributed by atoms with van der Waals surface area (Å²) in [7, 11) is 0. The molecule has 106 valence electrons. The minimum Gasteiger partial charge on any atom is -0.186 e. The highest BCUT2D eigenvalue weighted by atomic mass is 16.2. The predicted molar refractivity (Wildman–Crippen MR) is 74.0 cm³/mol. The highest BCUT2D eigenvalue weighted by Gasteiger charge is 2.33. The lowest BCUT2D eigenvalue weighted by atomic mass is 9.91. The van der Waals surface area contributed by atoms with Crippen LogP contribution in [0.5, 0.6) is 0 Å². The summed E-state index contributed by atoms with van der Waals surface area (Å²) in [5.41, 5.74) is 0.611. The van der Waals surface area contributed by atoms with Gasteiger partial charge in [0.05, 0.1) is 0 Å². The summed E-state index contributed by atoms with van der Waals surface area (Å²) in [5, 5.41) is 0. The van der Waals surface area contributed by atoms with Crippen LogP contribution in [0.25, 0.3) is 0 Å². The molecule has 3 rings (SSSR count). The van der Waals surface area contributed by atoms with E-state index >= 15 is 0 Å². The Hall–Kier alpha value is -0.620. The Kier molecular flexibility index (Phi) is 8.18. The van der Waals surface area contributed by atoms with Gasteiger partial charge < -0.3 is 0 Å². The fourth-order valence-corrected chi connectivity index (χ4v) is 1.28. The fraction of sp³-hybridized carbons (Fsp3) is 0.938. The van der Waals surface area contributed by atoms with Crippen LogP contribution in [0, 0.1) is 23.2 Å². The molecule has 0 aromatic rings. The molecule has 3 aliphatic carbocycles. The van der Waals surface area contributed by atoms with Gasteiger partial charge in [0.1, 0.15) is 0 Å². The van der Waals surface area contributed by atoms with Crippen molar-refractivity contribution in [3.8, 4) is 0 Å². The molecule has 0 spiro atoms. The third-order valence-corrected chi connectivity index (χ3v) is 3.53. The SMILES string of the molecule is CC(C)(C)C1CC1.CC1CC1.CC1CC1.O=C=O.